The second kappa shape index (κ2) is 5.59. The number of carbonyl (C=O) groups excluding carboxylic acids is 1. The van der Waals surface area contributed by atoms with Crippen LogP contribution in [-0.2, 0) is 0 Å². The molecule has 0 aliphatic carbocycles. The van der Waals surface area contributed by atoms with E-state index in [4.69, 9.17) is 0 Å². The lowest BCUT2D eigenvalue weighted by molar-refractivity contribution is 0.0868. The summed E-state index contributed by atoms with van der Waals surface area (Å²) in [5, 5.41) is 6.38. The number of benzene rings is 1. The van der Waals surface area contributed by atoms with Crippen LogP contribution in [0.15, 0.2) is 22.7 Å². The summed E-state index contributed by atoms with van der Waals surface area (Å²) in [6.45, 7) is 6.04. The standard InChI is InChI=1S/C14H18BrFN2O/c1-14(2)8-17-6-5-12(14)18-13(19)10-4-3-9(16)7-11(10)15/h3-4,7,12,17H,5-6,8H2,1-2H3,(H,18,19). The fourth-order valence-electron chi connectivity index (χ4n) is 2.35. The van der Waals surface area contributed by atoms with E-state index in [2.05, 4.69) is 40.4 Å². The van der Waals surface area contributed by atoms with E-state index >= 15 is 0 Å². The van der Waals surface area contributed by atoms with E-state index in [1.54, 1.807) is 0 Å². The van der Waals surface area contributed by atoms with Gasteiger partial charge in [0.15, 0.2) is 0 Å². The molecule has 1 saturated heterocycles. The van der Waals surface area contributed by atoms with Crippen molar-refractivity contribution in [3.63, 3.8) is 0 Å². The quantitative estimate of drug-likeness (QED) is 0.876. The molecular weight excluding hydrogens is 311 g/mol. The molecule has 0 aromatic heterocycles. The summed E-state index contributed by atoms with van der Waals surface area (Å²) in [7, 11) is 0. The third kappa shape index (κ3) is 3.34. The van der Waals surface area contributed by atoms with Gasteiger partial charge in [0.2, 0.25) is 0 Å². The van der Waals surface area contributed by atoms with Crippen LogP contribution in [0.5, 0.6) is 0 Å². The van der Waals surface area contributed by atoms with Gasteiger partial charge in [0.25, 0.3) is 5.91 Å². The van der Waals surface area contributed by atoms with Gasteiger partial charge in [0.1, 0.15) is 5.82 Å². The molecule has 5 heteroatoms. The Bertz CT molecular complexity index is 490. The van der Waals surface area contributed by atoms with Crippen LogP contribution in [0.1, 0.15) is 30.6 Å². The topological polar surface area (TPSA) is 41.1 Å². The molecule has 1 amide bonds. The van der Waals surface area contributed by atoms with Crippen molar-refractivity contribution in [1.82, 2.24) is 10.6 Å². The molecular formula is C14H18BrFN2O. The summed E-state index contributed by atoms with van der Waals surface area (Å²) in [6, 6.07) is 4.23. The number of amides is 1. The summed E-state index contributed by atoms with van der Waals surface area (Å²) in [6.07, 6.45) is 0.900. The van der Waals surface area contributed by atoms with Crippen LogP contribution in [0.4, 0.5) is 4.39 Å². The van der Waals surface area contributed by atoms with Crippen LogP contribution >= 0.6 is 15.9 Å². The zero-order chi connectivity index (χ0) is 14.0. The van der Waals surface area contributed by atoms with Gasteiger partial charge < -0.3 is 10.6 Å². The maximum atomic E-state index is 13.0. The first-order chi connectivity index (χ1) is 8.90. The zero-order valence-corrected chi connectivity index (χ0v) is 12.7. The second-order valence-electron chi connectivity index (χ2n) is 5.60. The largest absolute Gasteiger partial charge is 0.349 e. The number of halogens is 2. The third-order valence-electron chi connectivity index (χ3n) is 3.61. The van der Waals surface area contributed by atoms with Crippen molar-refractivity contribution in [3.8, 4) is 0 Å². The Labute approximate surface area is 121 Å². The van der Waals surface area contributed by atoms with Gasteiger partial charge in [0.05, 0.1) is 5.56 Å². The Kier molecular flexibility index (Phi) is 4.26. The monoisotopic (exact) mass is 328 g/mol. The van der Waals surface area contributed by atoms with Gasteiger partial charge in [-0.25, -0.2) is 4.39 Å². The fourth-order valence-corrected chi connectivity index (χ4v) is 2.88. The van der Waals surface area contributed by atoms with Crippen molar-refractivity contribution >= 4 is 21.8 Å². The molecule has 1 atom stereocenters. The highest BCUT2D eigenvalue weighted by Crippen LogP contribution is 2.26. The van der Waals surface area contributed by atoms with Crippen LogP contribution in [0.2, 0.25) is 0 Å². The highest BCUT2D eigenvalue weighted by Gasteiger charge is 2.33. The van der Waals surface area contributed by atoms with Crippen molar-refractivity contribution in [2.24, 2.45) is 5.41 Å². The smallest absolute Gasteiger partial charge is 0.252 e. The molecule has 1 fully saturated rings. The van der Waals surface area contributed by atoms with Gasteiger partial charge in [-0.1, -0.05) is 13.8 Å². The maximum absolute atomic E-state index is 13.0. The first kappa shape index (κ1) is 14.5. The first-order valence-electron chi connectivity index (χ1n) is 6.37. The van der Waals surface area contributed by atoms with Crippen molar-refractivity contribution in [3.05, 3.63) is 34.1 Å². The van der Waals surface area contributed by atoms with Gasteiger partial charge in [-0.2, -0.15) is 0 Å². The SMILES string of the molecule is CC1(C)CNCCC1NC(=O)c1ccc(F)cc1Br. The van der Waals surface area contributed by atoms with E-state index in [0.717, 1.165) is 19.5 Å². The third-order valence-corrected chi connectivity index (χ3v) is 4.27. The Morgan fingerprint density at radius 2 is 2.26 bits per heavy atom. The molecule has 0 radical (unpaired) electrons. The van der Waals surface area contributed by atoms with E-state index in [9.17, 15) is 9.18 Å². The van der Waals surface area contributed by atoms with Crippen LogP contribution in [-0.4, -0.2) is 25.0 Å². The molecule has 0 bridgehead atoms. The van der Waals surface area contributed by atoms with E-state index in [1.807, 2.05) is 0 Å². The molecule has 0 spiro atoms. The molecule has 2 N–H and O–H groups in total. The molecule has 1 heterocycles. The predicted octanol–water partition coefficient (Wildman–Crippen LogP) is 2.71. The lowest BCUT2D eigenvalue weighted by Gasteiger charge is -2.39. The molecule has 0 saturated carbocycles. The Morgan fingerprint density at radius 3 is 2.89 bits per heavy atom. The van der Waals surface area contributed by atoms with Gasteiger partial charge >= 0.3 is 0 Å². The Hall–Kier alpha value is -0.940. The molecule has 19 heavy (non-hydrogen) atoms. The molecule has 3 nitrogen and oxygen atoms in total. The molecule has 1 unspecified atom stereocenters. The van der Waals surface area contributed by atoms with E-state index in [0.29, 0.717) is 10.0 Å². The fraction of sp³-hybridized carbons (Fsp3) is 0.500. The summed E-state index contributed by atoms with van der Waals surface area (Å²) in [4.78, 5) is 12.2. The number of rotatable bonds is 2. The minimum Gasteiger partial charge on any atom is -0.349 e. The Balaban J connectivity index is 2.12. The van der Waals surface area contributed by atoms with Gasteiger partial charge in [-0.15, -0.1) is 0 Å². The number of hydrogen-bond acceptors (Lipinski definition) is 2. The first-order valence-corrected chi connectivity index (χ1v) is 7.16. The molecule has 1 aromatic rings. The average Bonchev–Trinajstić information content (AvgIpc) is 2.31. The van der Waals surface area contributed by atoms with E-state index in [1.165, 1.54) is 18.2 Å². The lowest BCUT2D eigenvalue weighted by Crippen LogP contribution is -2.54. The second-order valence-corrected chi connectivity index (χ2v) is 6.46. The zero-order valence-electron chi connectivity index (χ0n) is 11.1. The van der Waals surface area contributed by atoms with Crippen LogP contribution in [0.3, 0.4) is 0 Å². The van der Waals surface area contributed by atoms with E-state index in [-0.39, 0.29) is 23.2 Å². The predicted molar refractivity (Wildman–Crippen MR) is 76.6 cm³/mol. The molecule has 2 rings (SSSR count). The maximum Gasteiger partial charge on any atom is 0.252 e. The highest BCUT2D eigenvalue weighted by molar-refractivity contribution is 9.10. The van der Waals surface area contributed by atoms with Crippen LogP contribution < -0.4 is 10.6 Å². The van der Waals surface area contributed by atoms with Crippen molar-refractivity contribution < 1.29 is 9.18 Å². The lowest BCUT2D eigenvalue weighted by atomic mass is 9.80. The number of piperidine rings is 1. The summed E-state index contributed by atoms with van der Waals surface area (Å²) in [5.74, 6) is -0.516. The van der Waals surface area contributed by atoms with Gasteiger partial charge in [-0.3, -0.25) is 4.79 Å². The van der Waals surface area contributed by atoms with Crippen molar-refractivity contribution in [2.45, 2.75) is 26.3 Å². The molecule has 1 aliphatic heterocycles. The molecule has 104 valence electrons. The van der Waals surface area contributed by atoms with Crippen LogP contribution in [0, 0.1) is 11.2 Å². The Morgan fingerprint density at radius 1 is 1.53 bits per heavy atom. The minimum atomic E-state index is -0.356. The van der Waals surface area contributed by atoms with Gasteiger partial charge in [0, 0.05) is 17.1 Å². The summed E-state index contributed by atoms with van der Waals surface area (Å²) in [5.41, 5.74) is 0.483. The van der Waals surface area contributed by atoms with E-state index < -0.39 is 0 Å². The van der Waals surface area contributed by atoms with Crippen LogP contribution in [0.25, 0.3) is 0 Å². The molecule has 1 aromatic carbocycles. The van der Waals surface area contributed by atoms with Crippen molar-refractivity contribution in [1.29, 1.82) is 0 Å². The van der Waals surface area contributed by atoms with Crippen molar-refractivity contribution in [2.75, 3.05) is 13.1 Å². The normalized spacial score (nSPS) is 22.0. The summed E-state index contributed by atoms with van der Waals surface area (Å²) < 4.78 is 13.5. The summed E-state index contributed by atoms with van der Waals surface area (Å²) >= 11 is 3.23. The highest BCUT2D eigenvalue weighted by atomic mass is 79.9. The molecule has 1 aliphatic rings. The number of carbonyl (C=O) groups is 1. The van der Waals surface area contributed by atoms with Gasteiger partial charge in [-0.05, 0) is 52.5 Å². The average molecular weight is 329 g/mol. The minimum absolute atomic E-state index is 0.0143. The number of nitrogens with one attached hydrogen (secondary N) is 2. The number of hydrogen-bond donors (Lipinski definition) is 2.